The van der Waals surface area contributed by atoms with Crippen LogP contribution in [0.25, 0.3) is 11.6 Å². The third kappa shape index (κ3) is 5.44. The Bertz CT molecular complexity index is 1710. The van der Waals surface area contributed by atoms with Crippen molar-refractivity contribution in [3.05, 3.63) is 111 Å². The summed E-state index contributed by atoms with van der Waals surface area (Å²) < 4.78 is 20.2. The molecule has 0 spiro atoms. The summed E-state index contributed by atoms with van der Waals surface area (Å²) in [4.78, 5) is 39.3. The van der Waals surface area contributed by atoms with Gasteiger partial charge in [-0.3, -0.25) is 19.7 Å². The van der Waals surface area contributed by atoms with Crippen molar-refractivity contribution < 1.29 is 33.7 Å². The number of amides is 2. The van der Waals surface area contributed by atoms with E-state index in [0.717, 1.165) is 27.2 Å². The number of non-ortho nitro benzene ring substituents is 1. The van der Waals surface area contributed by atoms with Crippen molar-refractivity contribution in [3.8, 4) is 5.75 Å². The number of aromatic hydroxyl groups is 1. The fourth-order valence-electron chi connectivity index (χ4n) is 6.97. The monoisotopic (exact) mass is 596 g/mol. The highest BCUT2D eigenvalue weighted by atomic mass is 19.1. The van der Waals surface area contributed by atoms with Gasteiger partial charge in [0.05, 0.1) is 28.6 Å². The first kappa shape index (κ1) is 29.5. The Kier molecular flexibility index (Phi) is 7.92. The van der Waals surface area contributed by atoms with E-state index < -0.39 is 59.3 Å². The first-order valence-corrected chi connectivity index (χ1v) is 14.5. The van der Waals surface area contributed by atoms with Crippen LogP contribution in [0.15, 0.2) is 83.9 Å². The van der Waals surface area contributed by atoms with Gasteiger partial charge in [-0.1, -0.05) is 54.1 Å². The van der Waals surface area contributed by atoms with Crippen LogP contribution in [0.1, 0.15) is 37.3 Å². The van der Waals surface area contributed by atoms with Crippen molar-refractivity contribution in [1.82, 2.24) is 0 Å². The first-order valence-electron chi connectivity index (χ1n) is 14.5. The van der Waals surface area contributed by atoms with Gasteiger partial charge in [-0.15, -0.1) is 0 Å². The van der Waals surface area contributed by atoms with Crippen molar-refractivity contribution in [2.45, 2.75) is 38.6 Å². The molecule has 2 heterocycles. The Morgan fingerprint density at radius 1 is 1.09 bits per heavy atom. The van der Waals surface area contributed by atoms with E-state index in [1.54, 1.807) is 6.07 Å². The molecule has 2 aliphatic heterocycles. The van der Waals surface area contributed by atoms with Crippen LogP contribution in [0.3, 0.4) is 0 Å². The van der Waals surface area contributed by atoms with Crippen molar-refractivity contribution in [2.75, 3.05) is 4.90 Å². The number of nitro groups is 1. The van der Waals surface area contributed by atoms with Crippen molar-refractivity contribution in [2.24, 2.45) is 17.8 Å². The van der Waals surface area contributed by atoms with Gasteiger partial charge in [-0.25, -0.2) is 9.29 Å². The van der Waals surface area contributed by atoms with E-state index in [-0.39, 0.29) is 17.7 Å². The highest BCUT2D eigenvalue weighted by Gasteiger charge is 2.57. The number of nitrogens with zero attached hydrogens (tertiary/aromatic N) is 2. The maximum absolute atomic E-state index is 14.1. The number of phenols is 1. The number of halogens is 1. The zero-order chi connectivity index (χ0) is 31.1. The average molecular weight is 596 g/mol. The molecule has 4 atom stereocenters. The number of rotatable bonds is 7. The predicted molar refractivity (Wildman–Crippen MR) is 163 cm³/mol. The Balaban J connectivity index is 1.29. The van der Waals surface area contributed by atoms with E-state index in [2.05, 4.69) is 0 Å². The molecule has 1 aliphatic carbocycles. The number of hydrogen-bond acceptors (Lipinski definition) is 7. The maximum atomic E-state index is 14.1. The van der Waals surface area contributed by atoms with Gasteiger partial charge < -0.3 is 14.8 Å². The Morgan fingerprint density at radius 3 is 2.59 bits per heavy atom. The number of anilines is 1. The Morgan fingerprint density at radius 2 is 1.86 bits per heavy atom. The number of allylic oxidation sites excluding steroid dienone is 2. The number of fused-ring (bicyclic) bond motifs is 3. The van der Waals surface area contributed by atoms with Crippen LogP contribution in [0.4, 0.5) is 15.8 Å². The molecule has 3 aromatic rings. The lowest BCUT2D eigenvalue weighted by molar-refractivity contribution is -0.384. The minimum Gasteiger partial charge on any atom is -0.505 e. The third-order valence-electron chi connectivity index (χ3n) is 8.88. The highest BCUT2D eigenvalue weighted by molar-refractivity contribution is 6.43. The summed E-state index contributed by atoms with van der Waals surface area (Å²) in [7, 11) is -1.15. The number of nitro benzene ring substituents is 1. The SMILES string of the molecule is CC1=C2[C@@H](CC/C(=C/c3ccc(O)c(F)c3)c3ccccc3)OB(O)C[C@@H]2[C@@H]2C(=O)N(c3cccc([N+](=O)[O-])c3)C(=O)[C@@H]2C1. The topological polar surface area (TPSA) is 130 Å². The number of benzene rings is 3. The summed E-state index contributed by atoms with van der Waals surface area (Å²) in [6, 6.07) is 19.3. The lowest BCUT2D eigenvalue weighted by Gasteiger charge is -2.42. The standard InChI is InChI=1S/C33H30BFN2O7/c1-19-14-25-31(33(40)36(32(25)39)23-8-5-9-24(17-23)37(42)43)26-18-34(41)44-29(30(19)26)13-11-22(21-6-3-2-4-7-21)15-20-10-12-28(38)27(35)16-20/h2-10,12,15-17,25-26,29,31,38,41H,11,13-14,18H2,1H3/b22-15-/t25-,26+,29-,31-/m1/s1. The second-order valence-electron chi connectivity index (χ2n) is 11.6. The van der Waals surface area contributed by atoms with Gasteiger partial charge in [0, 0.05) is 12.1 Å². The normalized spacial score (nSPS) is 23.6. The molecule has 2 amide bonds. The number of carbonyl (C=O) groups is 2. The predicted octanol–water partition coefficient (Wildman–Crippen LogP) is 5.78. The van der Waals surface area contributed by atoms with Gasteiger partial charge in [0.1, 0.15) is 0 Å². The molecule has 0 radical (unpaired) electrons. The molecule has 0 saturated carbocycles. The van der Waals surface area contributed by atoms with Crippen molar-refractivity contribution >= 4 is 42.0 Å². The Hall–Kier alpha value is -4.61. The number of carbonyl (C=O) groups excluding carboxylic acids is 2. The Labute approximate surface area is 253 Å². The van der Waals surface area contributed by atoms with Crippen molar-refractivity contribution in [3.63, 3.8) is 0 Å². The third-order valence-corrected chi connectivity index (χ3v) is 8.88. The largest absolute Gasteiger partial charge is 0.505 e. The fourth-order valence-corrected chi connectivity index (χ4v) is 6.97. The molecule has 2 fully saturated rings. The van der Waals surface area contributed by atoms with Crippen LogP contribution in [0.5, 0.6) is 5.75 Å². The van der Waals surface area contributed by atoms with E-state index in [0.29, 0.717) is 24.8 Å². The fraction of sp³-hybridized carbons (Fsp3) is 0.273. The van der Waals surface area contributed by atoms with Crippen LogP contribution in [0.2, 0.25) is 6.32 Å². The van der Waals surface area contributed by atoms with Crippen molar-refractivity contribution in [1.29, 1.82) is 0 Å². The summed E-state index contributed by atoms with van der Waals surface area (Å²) in [5.41, 5.74) is 4.18. The molecule has 3 aromatic carbocycles. The minimum atomic E-state index is -1.15. The smallest absolute Gasteiger partial charge is 0.455 e. The van der Waals surface area contributed by atoms with Gasteiger partial charge >= 0.3 is 7.12 Å². The van der Waals surface area contributed by atoms with Crippen LogP contribution >= 0.6 is 0 Å². The number of phenolic OH excluding ortho intramolecular Hbond substituents is 1. The summed E-state index contributed by atoms with van der Waals surface area (Å²) in [6.07, 6.45) is 2.77. The molecule has 44 heavy (non-hydrogen) atoms. The van der Waals surface area contributed by atoms with Gasteiger partial charge in [0.25, 0.3) is 5.69 Å². The molecule has 0 unspecified atom stereocenters. The second-order valence-corrected chi connectivity index (χ2v) is 11.6. The molecule has 2 N–H and O–H groups in total. The average Bonchev–Trinajstić information content (AvgIpc) is 3.26. The molecular weight excluding hydrogens is 566 g/mol. The molecule has 6 rings (SSSR count). The molecule has 3 aliphatic rings. The van der Waals surface area contributed by atoms with Crippen LogP contribution in [-0.2, 0) is 14.2 Å². The molecule has 0 bridgehead atoms. The van der Waals surface area contributed by atoms with Crippen LogP contribution in [-0.4, -0.2) is 40.1 Å². The molecular formula is C33H30BFN2O7. The molecule has 224 valence electrons. The molecule has 9 nitrogen and oxygen atoms in total. The summed E-state index contributed by atoms with van der Waals surface area (Å²) in [5.74, 6) is -3.76. The van der Waals surface area contributed by atoms with E-state index >= 15 is 0 Å². The van der Waals surface area contributed by atoms with Gasteiger partial charge in [0.2, 0.25) is 11.8 Å². The summed E-state index contributed by atoms with van der Waals surface area (Å²) >= 11 is 0. The van der Waals surface area contributed by atoms with Crippen LogP contribution in [0, 0.1) is 33.7 Å². The van der Waals surface area contributed by atoms with E-state index in [1.807, 2.05) is 43.3 Å². The molecule has 0 aromatic heterocycles. The zero-order valence-electron chi connectivity index (χ0n) is 23.9. The van der Waals surface area contributed by atoms with E-state index in [9.17, 15) is 34.2 Å². The lowest BCUT2D eigenvalue weighted by atomic mass is 9.58. The first-order chi connectivity index (χ1) is 21.1. The van der Waals surface area contributed by atoms with E-state index in [4.69, 9.17) is 4.65 Å². The maximum Gasteiger partial charge on any atom is 0.455 e. The van der Waals surface area contributed by atoms with Gasteiger partial charge in [-0.05, 0) is 78.9 Å². The van der Waals surface area contributed by atoms with Crippen LogP contribution < -0.4 is 4.90 Å². The number of imide groups is 1. The second kappa shape index (κ2) is 11.8. The van der Waals surface area contributed by atoms with E-state index in [1.165, 1.54) is 36.4 Å². The summed E-state index contributed by atoms with van der Waals surface area (Å²) in [5, 5.41) is 31.8. The van der Waals surface area contributed by atoms with Gasteiger partial charge in [-0.2, -0.15) is 0 Å². The quantitative estimate of drug-likeness (QED) is 0.0883. The number of hydrogen-bond donors (Lipinski definition) is 2. The van der Waals surface area contributed by atoms with Gasteiger partial charge in [0.15, 0.2) is 11.6 Å². The minimum absolute atomic E-state index is 0.153. The highest BCUT2D eigenvalue weighted by Crippen LogP contribution is 2.51. The molecule has 11 heteroatoms. The lowest BCUT2D eigenvalue weighted by Crippen LogP contribution is -2.46. The molecule has 2 saturated heterocycles. The zero-order valence-corrected chi connectivity index (χ0v) is 23.9. The summed E-state index contributed by atoms with van der Waals surface area (Å²) in [6.45, 7) is 1.92.